The Morgan fingerprint density at radius 3 is 2.32 bits per heavy atom. The highest BCUT2D eigenvalue weighted by Crippen LogP contribution is 2.10. The van der Waals surface area contributed by atoms with Gasteiger partial charge in [0, 0.05) is 24.2 Å². The van der Waals surface area contributed by atoms with Crippen molar-refractivity contribution in [3.63, 3.8) is 0 Å². The monoisotopic (exact) mass is 262 g/mol. The summed E-state index contributed by atoms with van der Waals surface area (Å²) >= 11 is 0. The summed E-state index contributed by atoms with van der Waals surface area (Å²) < 4.78 is 0. The fraction of sp³-hybridized carbons (Fsp3) is 0.467. The molecule has 1 aromatic rings. The number of rotatable bonds is 6. The van der Waals surface area contributed by atoms with Gasteiger partial charge in [0.05, 0.1) is 0 Å². The molecule has 1 rings (SSSR count). The summed E-state index contributed by atoms with van der Waals surface area (Å²) in [5.74, 6) is 0.468. The van der Waals surface area contributed by atoms with Crippen molar-refractivity contribution in [2.45, 2.75) is 33.6 Å². The van der Waals surface area contributed by atoms with Gasteiger partial charge in [-0.05, 0) is 36.6 Å². The molecule has 2 N–H and O–H groups in total. The molecule has 0 saturated carbocycles. The van der Waals surface area contributed by atoms with E-state index in [2.05, 4.69) is 24.5 Å². The number of hydrogen-bond acceptors (Lipinski definition) is 2. The van der Waals surface area contributed by atoms with E-state index < -0.39 is 0 Å². The first-order chi connectivity index (χ1) is 9.02. The van der Waals surface area contributed by atoms with Crippen LogP contribution in [0.1, 0.15) is 44.0 Å². The van der Waals surface area contributed by atoms with Crippen LogP contribution in [0.3, 0.4) is 0 Å². The van der Waals surface area contributed by atoms with Gasteiger partial charge in [-0.25, -0.2) is 0 Å². The van der Waals surface area contributed by atoms with E-state index in [9.17, 15) is 9.59 Å². The van der Waals surface area contributed by atoms with Crippen LogP contribution in [-0.4, -0.2) is 18.4 Å². The maximum atomic E-state index is 11.8. The van der Waals surface area contributed by atoms with Crippen LogP contribution >= 0.6 is 0 Å². The van der Waals surface area contributed by atoms with Gasteiger partial charge in [-0.1, -0.05) is 20.8 Å². The van der Waals surface area contributed by atoms with Gasteiger partial charge in [0.15, 0.2) is 0 Å². The highest BCUT2D eigenvalue weighted by atomic mass is 16.2. The molecule has 0 aromatic heterocycles. The van der Waals surface area contributed by atoms with Crippen molar-refractivity contribution in [3.05, 3.63) is 29.8 Å². The molecule has 0 radical (unpaired) electrons. The Morgan fingerprint density at radius 1 is 1.16 bits per heavy atom. The number of carbonyl (C=O) groups is 2. The van der Waals surface area contributed by atoms with Crippen LogP contribution in [0.15, 0.2) is 24.3 Å². The fourth-order valence-corrected chi connectivity index (χ4v) is 1.53. The maximum absolute atomic E-state index is 11.8. The van der Waals surface area contributed by atoms with Crippen LogP contribution in [0.4, 0.5) is 5.69 Å². The van der Waals surface area contributed by atoms with Gasteiger partial charge >= 0.3 is 0 Å². The highest BCUT2D eigenvalue weighted by molar-refractivity contribution is 5.95. The minimum absolute atomic E-state index is 0.0332. The molecule has 104 valence electrons. The second-order valence-corrected chi connectivity index (χ2v) is 4.92. The molecule has 0 atom stereocenters. The number of amides is 2. The number of benzene rings is 1. The molecule has 0 aliphatic carbocycles. The molecule has 4 nitrogen and oxygen atoms in total. The van der Waals surface area contributed by atoms with Crippen LogP contribution < -0.4 is 10.6 Å². The summed E-state index contributed by atoms with van der Waals surface area (Å²) in [6.07, 6.45) is 1.41. The van der Waals surface area contributed by atoms with E-state index in [4.69, 9.17) is 0 Å². The van der Waals surface area contributed by atoms with E-state index in [-0.39, 0.29) is 11.8 Å². The topological polar surface area (TPSA) is 58.2 Å². The van der Waals surface area contributed by atoms with Crippen molar-refractivity contribution in [1.29, 1.82) is 0 Å². The van der Waals surface area contributed by atoms with Crippen molar-refractivity contribution >= 4 is 17.5 Å². The Bertz CT molecular complexity index is 424. The van der Waals surface area contributed by atoms with E-state index in [1.54, 1.807) is 31.2 Å². The molecule has 1 aromatic carbocycles. The summed E-state index contributed by atoms with van der Waals surface area (Å²) in [7, 11) is 0. The standard InChI is InChI=1S/C15H22N2O2/c1-4-14(18)17-13-7-5-12(6-8-13)15(19)16-10-9-11(2)3/h5-8,11H,4,9-10H2,1-3H3,(H,16,19)(H,17,18). The normalized spacial score (nSPS) is 10.3. The van der Waals surface area contributed by atoms with Crippen LogP contribution in [0.2, 0.25) is 0 Å². The molecular formula is C15H22N2O2. The molecule has 0 bridgehead atoms. The van der Waals surface area contributed by atoms with Crippen LogP contribution in [0.5, 0.6) is 0 Å². The molecule has 0 unspecified atom stereocenters. The predicted molar refractivity (Wildman–Crippen MR) is 77.2 cm³/mol. The second-order valence-electron chi connectivity index (χ2n) is 4.92. The summed E-state index contributed by atoms with van der Waals surface area (Å²) in [4.78, 5) is 23.0. The summed E-state index contributed by atoms with van der Waals surface area (Å²) in [6.45, 7) is 6.73. The van der Waals surface area contributed by atoms with Gasteiger partial charge in [-0.3, -0.25) is 9.59 Å². The van der Waals surface area contributed by atoms with Gasteiger partial charge in [0.25, 0.3) is 5.91 Å². The molecule has 19 heavy (non-hydrogen) atoms. The Labute approximate surface area is 114 Å². The van der Waals surface area contributed by atoms with E-state index in [1.165, 1.54) is 0 Å². The van der Waals surface area contributed by atoms with Crippen molar-refractivity contribution in [3.8, 4) is 0 Å². The van der Waals surface area contributed by atoms with Gasteiger partial charge < -0.3 is 10.6 Å². The second kappa shape index (κ2) is 7.56. The number of carbonyl (C=O) groups excluding carboxylic acids is 2. The zero-order valence-electron chi connectivity index (χ0n) is 11.8. The molecule has 2 amide bonds. The third-order valence-corrected chi connectivity index (χ3v) is 2.76. The first-order valence-corrected chi connectivity index (χ1v) is 6.71. The molecule has 0 heterocycles. The summed E-state index contributed by atoms with van der Waals surface area (Å²) in [5, 5.41) is 5.62. The molecule has 0 spiro atoms. The van der Waals surface area contributed by atoms with Gasteiger partial charge in [0.2, 0.25) is 5.91 Å². The number of anilines is 1. The Hall–Kier alpha value is -1.84. The Balaban J connectivity index is 2.51. The lowest BCUT2D eigenvalue weighted by Gasteiger charge is -2.08. The van der Waals surface area contributed by atoms with Crippen molar-refractivity contribution in [2.24, 2.45) is 5.92 Å². The molecule has 0 fully saturated rings. The number of nitrogens with one attached hydrogen (secondary N) is 2. The molecular weight excluding hydrogens is 240 g/mol. The molecule has 0 aliphatic heterocycles. The SMILES string of the molecule is CCC(=O)Nc1ccc(C(=O)NCCC(C)C)cc1. The average molecular weight is 262 g/mol. The van der Waals surface area contributed by atoms with Crippen LogP contribution in [0.25, 0.3) is 0 Å². The number of hydrogen-bond donors (Lipinski definition) is 2. The van der Waals surface area contributed by atoms with Crippen LogP contribution in [0, 0.1) is 5.92 Å². The van der Waals surface area contributed by atoms with Crippen molar-refractivity contribution < 1.29 is 9.59 Å². The largest absolute Gasteiger partial charge is 0.352 e. The third kappa shape index (κ3) is 5.55. The minimum Gasteiger partial charge on any atom is -0.352 e. The Morgan fingerprint density at radius 2 is 1.79 bits per heavy atom. The lowest BCUT2D eigenvalue weighted by Crippen LogP contribution is -2.25. The van der Waals surface area contributed by atoms with E-state index >= 15 is 0 Å². The quantitative estimate of drug-likeness (QED) is 0.828. The zero-order chi connectivity index (χ0) is 14.3. The fourth-order valence-electron chi connectivity index (χ4n) is 1.53. The van der Waals surface area contributed by atoms with Gasteiger partial charge in [0.1, 0.15) is 0 Å². The summed E-state index contributed by atoms with van der Waals surface area (Å²) in [5.41, 5.74) is 1.32. The van der Waals surface area contributed by atoms with Gasteiger partial charge in [-0.15, -0.1) is 0 Å². The highest BCUT2D eigenvalue weighted by Gasteiger charge is 2.06. The van der Waals surface area contributed by atoms with Crippen molar-refractivity contribution in [2.75, 3.05) is 11.9 Å². The lowest BCUT2D eigenvalue weighted by atomic mass is 10.1. The first kappa shape index (κ1) is 15.2. The molecule has 4 heteroatoms. The zero-order valence-corrected chi connectivity index (χ0v) is 11.8. The van der Waals surface area contributed by atoms with E-state index in [1.807, 2.05) is 0 Å². The smallest absolute Gasteiger partial charge is 0.251 e. The Kier molecular flexibility index (Phi) is 6.06. The maximum Gasteiger partial charge on any atom is 0.251 e. The van der Waals surface area contributed by atoms with Gasteiger partial charge in [-0.2, -0.15) is 0 Å². The minimum atomic E-state index is -0.0750. The lowest BCUT2D eigenvalue weighted by molar-refractivity contribution is -0.115. The van der Waals surface area contributed by atoms with Crippen LogP contribution in [-0.2, 0) is 4.79 Å². The average Bonchev–Trinajstić information content (AvgIpc) is 2.38. The van der Waals surface area contributed by atoms with Crippen molar-refractivity contribution in [1.82, 2.24) is 5.32 Å². The van der Waals surface area contributed by atoms with E-state index in [0.717, 1.165) is 6.42 Å². The summed E-state index contributed by atoms with van der Waals surface area (Å²) in [6, 6.07) is 6.92. The first-order valence-electron chi connectivity index (χ1n) is 6.71. The predicted octanol–water partition coefficient (Wildman–Crippen LogP) is 2.81. The molecule has 0 aliphatic rings. The van der Waals surface area contributed by atoms with E-state index in [0.29, 0.717) is 30.1 Å². The molecule has 0 saturated heterocycles. The third-order valence-electron chi connectivity index (χ3n) is 2.76.